The third-order valence-electron chi connectivity index (χ3n) is 5.28. The molecular weight excluding hydrogens is 358 g/mol. The summed E-state index contributed by atoms with van der Waals surface area (Å²) < 4.78 is 2.26. The van der Waals surface area contributed by atoms with Gasteiger partial charge in [-0.05, 0) is 50.2 Å². The molecular formula is C20H27N5OS. The third kappa shape index (κ3) is 3.98. The summed E-state index contributed by atoms with van der Waals surface area (Å²) in [4.78, 5) is 14.9. The smallest absolute Gasteiger partial charge is 0.234 e. The number of hydrogen-bond donors (Lipinski definition) is 1. The second kappa shape index (κ2) is 7.92. The first-order valence-electron chi connectivity index (χ1n) is 9.88. The van der Waals surface area contributed by atoms with E-state index in [-0.39, 0.29) is 5.91 Å². The van der Waals surface area contributed by atoms with E-state index in [1.54, 1.807) is 0 Å². The molecule has 6 nitrogen and oxygen atoms in total. The van der Waals surface area contributed by atoms with Gasteiger partial charge in [0, 0.05) is 24.8 Å². The van der Waals surface area contributed by atoms with Crippen LogP contribution in [0.1, 0.15) is 49.8 Å². The molecule has 1 aliphatic heterocycles. The molecule has 1 saturated heterocycles. The van der Waals surface area contributed by atoms with Gasteiger partial charge in [0.05, 0.1) is 5.75 Å². The maximum absolute atomic E-state index is 12.6. The molecule has 144 valence electrons. The fraction of sp³-hybridized carbons (Fsp3) is 0.550. The standard InChI is InChI=1S/C20H27N5OS/c1-3-15-8-6-7-14(2)18(15)21-17(26)13-27-20-23-22-19(24-11-4-5-12-24)25(20)16-9-10-16/h6-8,16H,3-5,9-13H2,1-2H3,(H,21,26). The minimum Gasteiger partial charge on any atom is -0.341 e. The zero-order valence-electron chi connectivity index (χ0n) is 16.1. The van der Waals surface area contributed by atoms with Gasteiger partial charge in [-0.25, -0.2) is 0 Å². The Hall–Kier alpha value is -2.02. The minimum atomic E-state index is 0.0112. The molecule has 0 spiro atoms. The molecule has 1 aromatic carbocycles. The Labute approximate surface area is 164 Å². The summed E-state index contributed by atoms with van der Waals surface area (Å²) in [5.41, 5.74) is 3.22. The van der Waals surface area contributed by atoms with Gasteiger partial charge in [-0.1, -0.05) is 36.9 Å². The lowest BCUT2D eigenvalue weighted by molar-refractivity contribution is -0.113. The van der Waals surface area contributed by atoms with Gasteiger partial charge in [-0.15, -0.1) is 10.2 Å². The van der Waals surface area contributed by atoms with E-state index >= 15 is 0 Å². The van der Waals surface area contributed by atoms with Crippen LogP contribution in [-0.4, -0.2) is 39.5 Å². The normalized spacial score (nSPS) is 16.7. The molecule has 1 amide bonds. The van der Waals surface area contributed by atoms with Crippen molar-refractivity contribution in [1.29, 1.82) is 0 Å². The Bertz CT molecular complexity index is 824. The Kier molecular flexibility index (Phi) is 5.38. The Morgan fingerprint density at radius 2 is 2.04 bits per heavy atom. The van der Waals surface area contributed by atoms with Gasteiger partial charge < -0.3 is 10.2 Å². The fourth-order valence-electron chi connectivity index (χ4n) is 3.66. The van der Waals surface area contributed by atoms with Crippen LogP contribution in [0.4, 0.5) is 11.6 Å². The first-order chi connectivity index (χ1) is 13.2. The zero-order chi connectivity index (χ0) is 18.8. The summed E-state index contributed by atoms with van der Waals surface area (Å²) >= 11 is 1.49. The molecule has 1 aliphatic carbocycles. The highest BCUT2D eigenvalue weighted by molar-refractivity contribution is 7.99. The minimum absolute atomic E-state index is 0.0112. The predicted molar refractivity (Wildman–Crippen MR) is 110 cm³/mol. The molecule has 7 heteroatoms. The molecule has 2 aliphatic rings. The van der Waals surface area contributed by atoms with Gasteiger partial charge in [0.15, 0.2) is 5.16 Å². The van der Waals surface area contributed by atoms with Gasteiger partial charge in [-0.3, -0.25) is 9.36 Å². The average molecular weight is 386 g/mol. The molecule has 0 radical (unpaired) electrons. The van der Waals surface area contributed by atoms with Crippen molar-refractivity contribution in [3.63, 3.8) is 0 Å². The lowest BCUT2D eigenvalue weighted by Gasteiger charge is -2.18. The molecule has 0 unspecified atom stereocenters. The van der Waals surface area contributed by atoms with Crippen molar-refractivity contribution in [2.24, 2.45) is 0 Å². The van der Waals surface area contributed by atoms with Gasteiger partial charge >= 0.3 is 0 Å². The summed E-state index contributed by atoms with van der Waals surface area (Å²) in [6.07, 6.45) is 5.71. The molecule has 1 saturated carbocycles. The number of amides is 1. The Morgan fingerprint density at radius 1 is 1.26 bits per heavy atom. The predicted octanol–water partition coefficient (Wildman–Crippen LogP) is 3.81. The van der Waals surface area contributed by atoms with Crippen LogP contribution in [0, 0.1) is 6.92 Å². The summed E-state index contributed by atoms with van der Waals surface area (Å²) in [6.45, 7) is 6.26. The number of para-hydroxylation sites is 1. The lowest BCUT2D eigenvalue weighted by Crippen LogP contribution is -2.22. The zero-order valence-corrected chi connectivity index (χ0v) is 16.9. The number of thioether (sulfide) groups is 1. The van der Waals surface area contributed by atoms with E-state index in [0.717, 1.165) is 41.9 Å². The summed E-state index contributed by atoms with van der Waals surface area (Å²) in [5, 5.41) is 12.8. The number of hydrogen-bond acceptors (Lipinski definition) is 5. The van der Waals surface area contributed by atoms with E-state index < -0.39 is 0 Å². The van der Waals surface area contributed by atoms with E-state index in [1.807, 2.05) is 19.1 Å². The van der Waals surface area contributed by atoms with Crippen LogP contribution in [-0.2, 0) is 11.2 Å². The van der Waals surface area contributed by atoms with Crippen molar-refractivity contribution in [2.75, 3.05) is 29.1 Å². The highest BCUT2D eigenvalue weighted by atomic mass is 32.2. The van der Waals surface area contributed by atoms with Crippen LogP contribution in [0.5, 0.6) is 0 Å². The van der Waals surface area contributed by atoms with Crippen molar-refractivity contribution in [3.05, 3.63) is 29.3 Å². The van der Waals surface area contributed by atoms with Crippen LogP contribution in [0.15, 0.2) is 23.4 Å². The highest BCUT2D eigenvalue weighted by Crippen LogP contribution is 2.41. The Morgan fingerprint density at radius 3 is 2.74 bits per heavy atom. The second-order valence-electron chi connectivity index (χ2n) is 7.38. The Balaban J connectivity index is 1.44. The molecule has 1 N–H and O–H groups in total. The number of aromatic nitrogens is 3. The highest BCUT2D eigenvalue weighted by Gasteiger charge is 2.32. The molecule has 27 heavy (non-hydrogen) atoms. The molecule has 4 rings (SSSR count). The fourth-order valence-corrected chi connectivity index (χ4v) is 4.46. The maximum atomic E-state index is 12.6. The molecule has 2 heterocycles. The molecule has 2 fully saturated rings. The number of benzene rings is 1. The number of carbonyl (C=O) groups is 1. The molecule has 0 atom stereocenters. The van der Waals surface area contributed by atoms with Gasteiger partial charge in [0.1, 0.15) is 0 Å². The van der Waals surface area contributed by atoms with Crippen LogP contribution in [0.2, 0.25) is 0 Å². The number of nitrogens with one attached hydrogen (secondary N) is 1. The van der Waals surface area contributed by atoms with E-state index in [0.29, 0.717) is 11.8 Å². The average Bonchev–Trinajstić information content (AvgIpc) is 3.19. The van der Waals surface area contributed by atoms with Crippen LogP contribution in [0.3, 0.4) is 0 Å². The van der Waals surface area contributed by atoms with E-state index in [4.69, 9.17) is 0 Å². The van der Waals surface area contributed by atoms with Crippen molar-refractivity contribution in [2.45, 2.75) is 57.1 Å². The summed E-state index contributed by atoms with van der Waals surface area (Å²) in [5.74, 6) is 1.35. The largest absolute Gasteiger partial charge is 0.341 e. The first-order valence-corrected chi connectivity index (χ1v) is 10.9. The van der Waals surface area contributed by atoms with E-state index in [1.165, 1.54) is 43.0 Å². The van der Waals surface area contributed by atoms with Crippen LogP contribution >= 0.6 is 11.8 Å². The summed E-state index contributed by atoms with van der Waals surface area (Å²) in [7, 11) is 0. The quantitative estimate of drug-likeness (QED) is 0.734. The number of rotatable bonds is 7. The maximum Gasteiger partial charge on any atom is 0.234 e. The van der Waals surface area contributed by atoms with Crippen molar-refractivity contribution < 1.29 is 4.79 Å². The van der Waals surface area contributed by atoms with Crippen LogP contribution < -0.4 is 10.2 Å². The SMILES string of the molecule is CCc1cccc(C)c1NC(=O)CSc1nnc(N2CCCC2)n1C1CC1. The van der Waals surface area contributed by atoms with Gasteiger partial charge in [0.25, 0.3) is 0 Å². The van der Waals surface area contributed by atoms with Crippen molar-refractivity contribution in [1.82, 2.24) is 14.8 Å². The topological polar surface area (TPSA) is 63.1 Å². The van der Waals surface area contributed by atoms with E-state index in [9.17, 15) is 4.79 Å². The number of nitrogens with zero attached hydrogens (tertiary/aromatic N) is 4. The third-order valence-corrected chi connectivity index (χ3v) is 6.23. The number of aryl methyl sites for hydroxylation is 2. The molecule has 1 aromatic heterocycles. The number of anilines is 2. The van der Waals surface area contributed by atoms with Gasteiger partial charge in [0.2, 0.25) is 11.9 Å². The summed E-state index contributed by atoms with van der Waals surface area (Å²) in [6, 6.07) is 6.65. The van der Waals surface area contributed by atoms with Crippen molar-refractivity contribution >= 4 is 29.3 Å². The first kappa shape index (κ1) is 18.3. The molecule has 0 bridgehead atoms. The molecule has 2 aromatic rings. The van der Waals surface area contributed by atoms with E-state index in [2.05, 4.69) is 38.0 Å². The second-order valence-corrected chi connectivity index (χ2v) is 8.32. The monoisotopic (exact) mass is 385 g/mol. The van der Waals surface area contributed by atoms with Crippen LogP contribution in [0.25, 0.3) is 0 Å². The number of carbonyl (C=O) groups excluding carboxylic acids is 1. The van der Waals surface area contributed by atoms with Crippen molar-refractivity contribution in [3.8, 4) is 0 Å². The van der Waals surface area contributed by atoms with Gasteiger partial charge in [-0.2, -0.15) is 0 Å². The lowest BCUT2D eigenvalue weighted by atomic mass is 10.1.